The number of carbonyl (C=O) groups excluding carboxylic acids is 1. The van der Waals surface area contributed by atoms with Crippen LogP contribution in [-0.2, 0) is 4.79 Å². The van der Waals surface area contributed by atoms with Crippen LogP contribution in [0, 0.1) is 5.92 Å². The van der Waals surface area contributed by atoms with Gasteiger partial charge in [-0.3, -0.25) is 9.69 Å². The molecule has 0 radical (unpaired) electrons. The Balaban J connectivity index is 1.75. The van der Waals surface area contributed by atoms with Crippen LogP contribution in [0.4, 0.5) is 0 Å². The first-order valence-electron chi connectivity index (χ1n) is 6.89. The van der Waals surface area contributed by atoms with Crippen molar-refractivity contribution in [2.45, 2.75) is 38.6 Å². The Kier molecular flexibility index (Phi) is 4.56. The van der Waals surface area contributed by atoms with Gasteiger partial charge in [-0.15, -0.1) is 0 Å². The minimum Gasteiger partial charge on any atom is -0.392 e. The third-order valence-corrected chi connectivity index (χ3v) is 4.66. The van der Waals surface area contributed by atoms with Crippen molar-refractivity contribution in [1.82, 2.24) is 9.80 Å². The van der Waals surface area contributed by atoms with E-state index in [2.05, 4.69) is 4.90 Å². The third-order valence-electron chi connectivity index (χ3n) is 4.31. The second-order valence-corrected chi connectivity index (χ2v) is 5.97. The van der Waals surface area contributed by atoms with Crippen LogP contribution in [0.15, 0.2) is 0 Å². The van der Waals surface area contributed by atoms with Crippen molar-refractivity contribution in [1.29, 1.82) is 0 Å². The molecule has 102 valence electrons. The van der Waals surface area contributed by atoms with E-state index in [0.29, 0.717) is 16.8 Å². The summed E-state index contributed by atoms with van der Waals surface area (Å²) in [5.41, 5.74) is 5.66. The fourth-order valence-corrected chi connectivity index (χ4v) is 2.76. The van der Waals surface area contributed by atoms with Crippen LogP contribution < -0.4 is 5.73 Å². The van der Waals surface area contributed by atoms with Gasteiger partial charge in [0, 0.05) is 32.6 Å². The molecule has 2 rings (SSSR count). The molecule has 0 bridgehead atoms. The highest BCUT2D eigenvalue weighted by atomic mass is 32.1. The summed E-state index contributed by atoms with van der Waals surface area (Å²) in [5, 5.41) is 0. The Morgan fingerprint density at radius 1 is 1.33 bits per heavy atom. The monoisotopic (exact) mass is 269 g/mol. The molecule has 18 heavy (non-hydrogen) atoms. The molecule has 1 aliphatic heterocycles. The van der Waals surface area contributed by atoms with Gasteiger partial charge in [-0.1, -0.05) is 18.6 Å². The van der Waals surface area contributed by atoms with Crippen LogP contribution in [0.2, 0.25) is 0 Å². The van der Waals surface area contributed by atoms with Gasteiger partial charge in [0.05, 0.1) is 11.0 Å². The molecule has 4 nitrogen and oxygen atoms in total. The highest BCUT2D eigenvalue weighted by Gasteiger charge is 2.27. The number of piperazine rings is 1. The van der Waals surface area contributed by atoms with E-state index in [1.165, 1.54) is 19.3 Å². The van der Waals surface area contributed by atoms with Crippen LogP contribution in [0.3, 0.4) is 0 Å². The second-order valence-electron chi connectivity index (χ2n) is 5.50. The topological polar surface area (TPSA) is 49.6 Å². The summed E-state index contributed by atoms with van der Waals surface area (Å²) in [6.45, 7) is 5.44. The lowest BCUT2D eigenvalue weighted by Crippen LogP contribution is -2.54. The van der Waals surface area contributed by atoms with Gasteiger partial charge >= 0.3 is 0 Å². The van der Waals surface area contributed by atoms with Crippen molar-refractivity contribution in [2.24, 2.45) is 11.7 Å². The molecule has 1 unspecified atom stereocenters. The second kappa shape index (κ2) is 5.97. The normalized spacial score (nSPS) is 23.5. The maximum atomic E-state index is 12.1. The minimum absolute atomic E-state index is 0.142. The summed E-state index contributed by atoms with van der Waals surface area (Å²) < 4.78 is 0. The predicted molar refractivity (Wildman–Crippen MR) is 76.4 cm³/mol. The van der Waals surface area contributed by atoms with E-state index in [4.69, 9.17) is 18.0 Å². The fraction of sp³-hybridized carbons (Fsp3) is 0.846. The largest absolute Gasteiger partial charge is 0.392 e. The summed E-state index contributed by atoms with van der Waals surface area (Å²) in [4.78, 5) is 16.9. The smallest absolute Gasteiger partial charge is 0.222 e. The van der Waals surface area contributed by atoms with E-state index in [9.17, 15) is 4.79 Å². The number of rotatable bonds is 4. The first-order chi connectivity index (χ1) is 8.58. The zero-order chi connectivity index (χ0) is 13.1. The number of hydrogen-bond acceptors (Lipinski definition) is 3. The van der Waals surface area contributed by atoms with Crippen LogP contribution in [0.1, 0.15) is 32.6 Å². The van der Waals surface area contributed by atoms with Crippen LogP contribution >= 0.6 is 12.2 Å². The Hall–Kier alpha value is -0.680. The van der Waals surface area contributed by atoms with Crippen molar-refractivity contribution < 1.29 is 4.79 Å². The molecular weight excluding hydrogens is 246 g/mol. The number of thiocarbonyl (C=S) groups is 1. The predicted octanol–water partition coefficient (Wildman–Crippen LogP) is 0.995. The third kappa shape index (κ3) is 3.20. The van der Waals surface area contributed by atoms with E-state index in [-0.39, 0.29) is 6.04 Å². The number of nitrogens with zero attached hydrogens (tertiary/aromatic N) is 2. The van der Waals surface area contributed by atoms with Gasteiger partial charge in [0.1, 0.15) is 0 Å². The molecule has 5 heteroatoms. The van der Waals surface area contributed by atoms with E-state index in [1.54, 1.807) is 0 Å². The average molecular weight is 269 g/mol. The first-order valence-corrected chi connectivity index (χ1v) is 7.30. The zero-order valence-corrected chi connectivity index (χ0v) is 11.9. The molecule has 1 atom stereocenters. The molecule has 1 saturated carbocycles. The Labute approximate surface area is 114 Å². The van der Waals surface area contributed by atoms with Crippen molar-refractivity contribution in [3.63, 3.8) is 0 Å². The summed E-state index contributed by atoms with van der Waals surface area (Å²) in [5.74, 6) is 0.994. The van der Waals surface area contributed by atoms with Crippen molar-refractivity contribution in [3.8, 4) is 0 Å². The lowest BCUT2D eigenvalue weighted by Gasteiger charge is -2.38. The van der Waals surface area contributed by atoms with Crippen molar-refractivity contribution >= 4 is 23.1 Å². The molecule has 1 amide bonds. The van der Waals surface area contributed by atoms with Crippen LogP contribution in [0.5, 0.6) is 0 Å². The summed E-state index contributed by atoms with van der Waals surface area (Å²) in [7, 11) is 0. The number of carbonyl (C=O) groups is 1. The van der Waals surface area contributed by atoms with Gasteiger partial charge in [-0.2, -0.15) is 0 Å². The molecule has 2 N–H and O–H groups in total. The maximum Gasteiger partial charge on any atom is 0.222 e. The molecule has 0 aromatic carbocycles. The Morgan fingerprint density at radius 2 is 1.94 bits per heavy atom. The number of nitrogens with two attached hydrogens (primary N) is 1. The first kappa shape index (κ1) is 13.7. The highest BCUT2D eigenvalue weighted by molar-refractivity contribution is 7.80. The van der Waals surface area contributed by atoms with Crippen LogP contribution in [0.25, 0.3) is 0 Å². The summed E-state index contributed by atoms with van der Waals surface area (Å²) in [6, 6.07) is 0.142. The fourth-order valence-electron chi connectivity index (χ4n) is 2.61. The maximum absolute atomic E-state index is 12.1. The molecule has 1 saturated heterocycles. The zero-order valence-electron chi connectivity index (χ0n) is 11.1. The standard InChI is InChI=1S/C13H23N3OS/c1-10(13(14)18)15-5-7-16(8-6-15)12(17)9-11-3-2-4-11/h10-11H,2-9H2,1H3,(H2,14,18). The van der Waals surface area contributed by atoms with Gasteiger partial charge in [-0.05, 0) is 25.7 Å². The number of hydrogen-bond donors (Lipinski definition) is 1. The van der Waals surface area contributed by atoms with Gasteiger partial charge in [0.25, 0.3) is 0 Å². The molecule has 0 aromatic heterocycles. The van der Waals surface area contributed by atoms with Crippen LogP contribution in [-0.4, -0.2) is 52.9 Å². The van der Waals surface area contributed by atoms with Gasteiger partial charge < -0.3 is 10.6 Å². The lowest BCUT2D eigenvalue weighted by atomic mass is 9.82. The quantitative estimate of drug-likeness (QED) is 0.774. The number of amides is 1. The Bertz CT molecular complexity index is 322. The average Bonchev–Trinajstić information content (AvgIpc) is 2.32. The minimum atomic E-state index is 0.142. The van der Waals surface area contributed by atoms with E-state index in [1.807, 2.05) is 11.8 Å². The molecular formula is C13H23N3OS. The van der Waals surface area contributed by atoms with Gasteiger partial charge in [0.15, 0.2) is 0 Å². The summed E-state index contributed by atoms with van der Waals surface area (Å²) >= 11 is 5.02. The van der Waals surface area contributed by atoms with Crippen molar-refractivity contribution in [2.75, 3.05) is 26.2 Å². The molecule has 2 fully saturated rings. The highest BCUT2D eigenvalue weighted by Crippen LogP contribution is 2.30. The molecule has 1 heterocycles. The van der Waals surface area contributed by atoms with Gasteiger partial charge in [-0.25, -0.2) is 0 Å². The van der Waals surface area contributed by atoms with Gasteiger partial charge in [0.2, 0.25) is 5.91 Å². The van der Waals surface area contributed by atoms with Crippen molar-refractivity contribution in [3.05, 3.63) is 0 Å². The Morgan fingerprint density at radius 3 is 2.39 bits per heavy atom. The lowest BCUT2D eigenvalue weighted by molar-refractivity contribution is -0.134. The molecule has 0 aromatic rings. The SMILES string of the molecule is CC(C(N)=S)N1CCN(C(=O)CC2CCC2)CC1. The molecule has 0 spiro atoms. The summed E-state index contributed by atoms with van der Waals surface area (Å²) in [6.07, 6.45) is 4.54. The van der Waals surface area contributed by atoms with E-state index >= 15 is 0 Å². The molecule has 1 aliphatic carbocycles. The molecule has 2 aliphatic rings. The van der Waals surface area contributed by atoms with E-state index in [0.717, 1.165) is 32.6 Å². The van der Waals surface area contributed by atoms with E-state index < -0.39 is 0 Å².